The lowest BCUT2D eigenvalue weighted by Crippen LogP contribution is -2.11. The van der Waals surface area contributed by atoms with Crippen LogP contribution >= 0.6 is 0 Å². The normalized spacial score (nSPS) is 11.2. The minimum absolute atomic E-state index is 0.599. The van der Waals surface area contributed by atoms with Crippen LogP contribution in [-0.4, -0.2) is 39.6 Å². The Morgan fingerprint density at radius 3 is 1.87 bits per heavy atom. The van der Waals surface area contributed by atoms with Gasteiger partial charge < -0.3 is 14.2 Å². The number of unbranched alkanes of at least 4 members (excludes halogenated alkanes) is 1. The highest BCUT2D eigenvalue weighted by atomic mass is 16.5. The summed E-state index contributed by atoms with van der Waals surface area (Å²) in [7, 11) is 0. The van der Waals surface area contributed by atoms with Gasteiger partial charge in [-0.25, -0.2) is 0 Å². The third-order valence-corrected chi connectivity index (χ3v) is 1.84. The number of hydrogen-bond donors (Lipinski definition) is 0. The Morgan fingerprint density at radius 1 is 0.800 bits per heavy atom. The van der Waals surface area contributed by atoms with E-state index in [2.05, 4.69) is 20.8 Å². The maximum Gasteiger partial charge on any atom is 0.0701 e. The van der Waals surface area contributed by atoms with Gasteiger partial charge in [0, 0.05) is 13.2 Å². The van der Waals surface area contributed by atoms with Crippen LogP contribution in [0.25, 0.3) is 0 Å². The van der Waals surface area contributed by atoms with Gasteiger partial charge in [0.2, 0.25) is 0 Å². The van der Waals surface area contributed by atoms with Crippen molar-refractivity contribution in [2.75, 3.05) is 39.6 Å². The Balaban J connectivity index is 2.87. The van der Waals surface area contributed by atoms with E-state index in [1.165, 1.54) is 6.42 Å². The summed E-state index contributed by atoms with van der Waals surface area (Å²) in [5.74, 6) is 0.599. The molecule has 0 aliphatic heterocycles. The molecule has 0 aromatic heterocycles. The molecular weight excluding hydrogens is 192 g/mol. The second-order valence-corrected chi connectivity index (χ2v) is 4.05. The predicted octanol–water partition coefficient (Wildman–Crippen LogP) is 2.49. The van der Waals surface area contributed by atoms with E-state index in [0.717, 1.165) is 19.6 Å². The molecule has 0 aromatic carbocycles. The number of rotatable bonds is 11. The molecule has 0 saturated carbocycles. The van der Waals surface area contributed by atoms with E-state index in [-0.39, 0.29) is 0 Å². The predicted molar refractivity (Wildman–Crippen MR) is 62.2 cm³/mol. The highest BCUT2D eigenvalue weighted by Crippen LogP contribution is 1.92. The van der Waals surface area contributed by atoms with Crippen molar-refractivity contribution in [3.05, 3.63) is 0 Å². The zero-order valence-corrected chi connectivity index (χ0v) is 10.5. The molecule has 0 fully saturated rings. The minimum Gasteiger partial charge on any atom is -0.379 e. The molecule has 0 amide bonds. The first-order valence-corrected chi connectivity index (χ1v) is 6.00. The van der Waals surface area contributed by atoms with Gasteiger partial charge in [0.15, 0.2) is 0 Å². The van der Waals surface area contributed by atoms with Gasteiger partial charge in [0.25, 0.3) is 0 Å². The van der Waals surface area contributed by atoms with Gasteiger partial charge in [-0.05, 0) is 12.3 Å². The summed E-state index contributed by atoms with van der Waals surface area (Å²) in [6.45, 7) is 10.8. The molecule has 0 spiro atoms. The summed E-state index contributed by atoms with van der Waals surface area (Å²) >= 11 is 0. The molecule has 0 atom stereocenters. The average molecular weight is 218 g/mol. The second kappa shape index (κ2) is 12.0. The summed E-state index contributed by atoms with van der Waals surface area (Å²) in [4.78, 5) is 0. The van der Waals surface area contributed by atoms with Crippen LogP contribution in [0.15, 0.2) is 0 Å². The monoisotopic (exact) mass is 218 g/mol. The molecule has 0 aliphatic rings. The molecule has 0 aromatic rings. The Kier molecular flexibility index (Phi) is 11.9. The quantitative estimate of drug-likeness (QED) is 0.499. The van der Waals surface area contributed by atoms with Crippen molar-refractivity contribution in [1.82, 2.24) is 0 Å². The van der Waals surface area contributed by atoms with E-state index in [4.69, 9.17) is 14.2 Å². The van der Waals surface area contributed by atoms with Crippen LogP contribution in [0.1, 0.15) is 33.6 Å². The third-order valence-electron chi connectivity index (χ3n) is 1.84. The molecular formula is C12H26O3. The molecule has 3 nitrogen and oxygen atoms in total. The van der Waals surface area contributed by atoms with Crippen LogP contribution < -0.4 is 0 Å². The van der Waals surface area contributed by atoms with E-state index >= 15 is 0 Å². The highest BCUT2D eigenvalue weighted by molar-refractivity contribution is 4.39. The maximum atomic E-state index is 5.37. The van der Waals surface area contributed by atoms with E-state index in [0.29, 0.717) is 32.3 Å². The van der Waals surface area contributed by atoms with Crippen molar-refractivity contribution < 1.29 is 14.2 Å². The van der Waals surface area contributed by atoms with Crippen LogP contribution in [0.3, 0.4) is 0 Å². The van der Waals surface area contributed by atoms with Gasteiger partial charge in [0.1, 0.15) is 0 Å². The van der Waals surface area contributed by atoms with Crippen molar-refractivity contribution in [3.63, 3.8) is 0 Å². The summed E-state index contributed by atoms with van der Waals surface area (Å²) in [6, 6.07) is 0. The fourth-order valence-corrected chi connectivity index (χ4v) is 1.01. The van der Waals surface area contributed by atoms with Crippen molar-refractivity contribution in [1.29, 1.82) is 0 Å². The van der Waals surface area contributed by atoms with Gasteiger partial charge in [-0.15, -0.1) is 0 Å². The van der Waals surface area contributed by atoms with Gasteiger partial charge in [-0.1, -0.05) is 27.2 Å². The van der Waals surface area contributed by atoms with E-state index < -0.39 is 0 Å². The molecule has 0 heterocycles. The molecule has 0 rings (SSSR count). The van der Waals surface area contributed by atoms with Crippen LogP contribution in [0, 0.1) is 5.92 Å². The second-order valence-electron chi connectivity index (χ2n) is 4.05. The van der Waals surface area contributed by atoms with Crippen LogP contribution in [0.4, 0.5) is 0 Å². The molecule has 15 heavy (non-hydrogen) atoms. The van der Waals surface area contributed by atoms with E-state index in [9.17, 15) is 0 Å². The molecule has 0 bridgehead atoms. The van der Waals surface area contributed by atoms with Crippen LogP contribution in [-0.2, 0) is 14.2 Å². The zero-order valence-electron chi connectivity index (χ0n) is 10.5. The minimum atomic E-state index is 0.599. The van der Waals surface area contributed by atoms with E-state index in [1.54, 1.807) is 0 Å². The van der Waals surface area contributed by atoms with Crippen molar-refractivity contribution >= 4 is 0 Å². The molecule has 0 unspecified atom stereocenters. The van der Waals surface area contributed by atoms with Gasteiger partial charge in [-0.3, -0.25) is 0 Å². The Labute approximate surface area is 94.1 Å². The molecule has 3 heteroatoms. The zero-order chi connectivity index (χ0) is 11.4. The molecule has 92 valence electrons. The third kappa shape index (κ3) is 13.9. The molecule has 0 aliphatic carbocycles. The van der Waals surface area contributed by atoms with Crippen molar-refractivity contribution in [2.45, 2.75) is 33.6 Å². The first-order chi connectivity index (χ1) is 7.27. The average Bonchev–Trinajstić information content (AvgIpc) is 2.20. The largest absolute Gasteiger partial charge is 0.379 e. The first-order valence-electron chi connectivity index (χ1n) is 6.00. The lowest BCUT2D eigenvalue weighted by molar-refractivity contribution is 0.00917. The van der Waals surface area contributed by atoms with Gasteiger partial charge in [0.05, 0.1) is 26.4 Å². The van der Waals surface area contributed by atoms with Gasteiger partial charge >= 0.3 is 0 Å². The summed E-state index contributed by atoms with van der Waals surface area (Å²) in [5.41, 5.74) is 0. The summed E-state index contributed by atoms with van der Waals surface area (Å²) < 4.78 is 16.1. The van der Waals surface area contributed by atoms with Crippen LogP contribution in [0.5, 0.6) is 0 Å². The lowest BCUT2D eigenvalue weighted by Gasteiger charge is -2.07. The van der Waals surface area contributed by atoms with Crippen molar-refractivity contribution in [3.8, 4) is 0 Å². The Bertz CT molecular complexity index is 115. The van der Waals surface area contributed by atoms with E-state index in [1.807, 2.05) is 0 Å². The maximum absolute atomic E-state index is 5.37. The molecule has 0 radical (unpaired) electrons. The molecule has 0 saturated heterocycles. The van der Waals surface area contributed by atoms with Gasteiger partial charge in [-0.2, -0.15) is 0 Å². The summed E-state index contributed by atoms with van der Waals surface area (Å²) in [6.07, 6.45) is 2.32. The Morgan fingerprint density at radius 2 is 1.33 bits per heavy atom. The first kappa shape index (κ1) is 14.9. The van der Waals surface area contributed by atoms with Crippen LogP contribution in [0.2, 0.25) is 0 Å². The topological polar surface area (TPSA) is 27.7 Å². The summed E-state index contributed by atoms with van der Waals surface area (Å²) in [5, 5.41) is 0. The lowest BCUT2D eigenvalue weighted by atomic mass is 10.2. The standard InChI is InChI=1S/C12H26O3/c1-4-5-6-13-7-8-14-9-10-15-11-12(2)3/h12H,4-11H2,1-3H3. The van der Waals surface area contributed by atoms with Crippen molar-refractivity contribution in [2.24, 2.45) is 5.92 Å². The number of ether oxygens (including phenoxy) is 3. The smallest absolute Gasteiger partial charge is 0.0701 e. The molecule has 0 N–H and O–H groups in total. The fraction of sp³-hybridized carbons (Fsp3) is 1.00. The SMILES string of the molecule is CCCCOCCOCCOCC(C)C. The fourth-order valence-electron chi connectivity index (χ4n) is 1.01. The number of hydrogen-bond acceptors (Lipinski definition) is 3. The Hall–Kier alpha value is -0.120. The highest BCUT2D eigenvalue weighted by Gasteiger charge is 1.94.